The van der Waals surface area contributed by atoms with Crippen LogP contribution >= 0.6 is 0 Å². The highest BCUT2D eigenvalue weighted by Crippen LogP contribution is 2.46. The second-order valence-electron chi connectivity index (χ2n) is 5.16. The van der Waals surface area contributed by atoms with E-state index in [4.69, 9.17) is 10.8 Å². The van der Waals surface area contributed by atoms with Crippen molar-refractivity contribution in [1.29, 1.82) is 0 Å². The minimum absolute atomic E-state index is 0.136. The van der Waals surface area contributed by atoms with Crippen LogP contribution in [0.15, 0.2) is 0 Å². The van der Waals surface area contributed by atoms with E-state index in [0.29, 0.717) is 12.5 Å². The van der Waals surface area contributed by atoms with Crippen LogP contribution in [0.25, 0.3) is 0 Å². The van der Waals surface area contributed by atoms with Gasteiger partial charge >= 0.3 is 0 Å². The maximum atomic E-state index is 12.0. The lowest BCUT2D eigenvalue weighted by atomic mass is 9.82. The second kappa shape index (κ2) is 3.76. The molecule has 4 nitrogen and oxygen atoms in total. The summed E-state index contributed by atoms with van der Waals surface area (Å²) in [7, 11) is 1.85. The molecule has 0 spiro atoms. The van der Waals surface area contributed by atoms with Gasteiger partial charge < -0.3 is 15.7 Å². The highest BCUT2D eigenvalue weighted by atomic mass is 16.3. The molecule has 2 saturated carbocycles. The van der Waals surface area contributed by atoms with E-state index in [1.807, 2.05) is 7.05 Å². The van der Waals surface area contributed by atoms with E-state index < -0.39 is 0 Å². The third kappa shape index (κ3) is 2.01. The summed E-state index contributed by atoms with van der Waals surface area (Å²) in [6.07, 6.45) is 3.43. The number of nitrogens with two attached hydrogens (primary N) is 1. The fourth-order valence-electron chi connectivity index (χ4n) is 2.38. The molecule has 0 radical (unpaired) electrons. The first kappa shape index (κ1) is 10.9. The SMILES string of the molecule is CN(CC1CC(O)C1)C(=O)C1(CN)CC1. The number of carbonyl (C=O) groups is 1. The van der Waals surface area contributed by atoms with E-state index in [1.54, 1.807) is 4.90 Å². The average molecular weight is 212 g/mol. The minimum atomic E-state index is -0.225. The highest BCUT2D eigenvalue weighted by molar-refractivity contribution is 5.85. The van der Waals surface area contributed by atoms with Crippen molar-refractivity contribution in [1.82, 2.24) is 4.90 Å². The number of aliphatic hydroxyl groups excluding tert-OH is 1. The molecular formula is C11H20N2O2. The molecule has 15 heavy (non-hydrogen) atoms. The molecule has 2 aliphatic carbocycles. The summed E-state index contributed by atoms with van der Waals surface area (Å²) < 4.78 is 0. The molecule has 2 rings (SSSR count). The van der Waals surface area contributed by atoms with Gasteiger partial charge in [-0.15, -0.1) is 0 Å². The zero-order valence-electron chi connectivity index (χ0n) is 9.28. The van der Waals surface area contributed by atoms with Crippen LogP contribution in [0.2, 0.25) is 0 Å². The van der Waals surface area contributed by atoms with E-state index in [1.165, 1.54) is 0 Å². The predicted molar refractivity (Wildman–Crippen MR) is 57.1 cm³/mol. The smallest absolute Gasteiger partial charge is 0.229 e. The Morgan fingerprint density at radius 3 is 2.53 bits per heavy atom. The molecule has 2 aliphatic rings. The number of nitrogens with zero attached hydrogens (tertiary/aromatic N) is 1. The maximum Gasteiger partial charge on any atom is 0.229 e. The van der Waals surface area contributed by atoms with Crippen LogP contribution in [0.5, 0.6) is 0 Å². The van der Waals surface area contributed by atoms with E-state index in [-0.39, 0.29) is 17.4 Å². The summed E-state index contributed by atoms with van der Waals surface area (Å²) in [5.41, 5.74) is 5.39. The predicted octanol–water partition coefficient (Wildman–Crippen LogP) is -0.0454. The molecule has 0 aliphatic heterocycles. The van der Waals surface area contributed by atoms with E-state index in [0.717, 1.165) is 32.2 Å². The molecule has 0 aromatic carbocycles. The van der Waals surface area contributed by atoms with Crippen LogP contribution < -0.4 is 5.73 Å². The van der Waals surface area contributed by atoms with Gasteiger partial charge in [-0.1, -0.05) is 0 Å². The Hall–Kier alpha value is -0.610. The van der Waals surface area contributed by atoms with Crippen molar-refractivity contribution in [3.05, 3.63) is 0 Å². The molecule has 0 bridgehead atoms. The Kier molecular flexibility index (Phi) is 2.73. The van der Waals surface area contributed by atoms with Crippen molar-refractivity contribution in [2.24, 2.45) is 17.1 Å². The van der Waals surface area contributed by atoms with Gasteiger partial charge in [0.25, 0.3) is 0 Å². The van der Waals surface area contributed by atoms with Crippen molar-refractivity contribution in [2.75, 3.05) is 20.1 Å². The minimum Gasteiger partial charge on any atom is -0.393 e. The lowest BCUT2D eigenvalue weighted by Gasteiger charge is -2.35. The van der Waals surface area contributed by atoms with Gasteiger partial charge in [-0.25, -0.2) is 0 Å². The molecule has 0 saturated heterocycles. The zero-order valence-corrected chi connectivity index (χ0v) is 9.28. The van der Waals surface area contributed by atoms with Crippen LogP contribution in [0.4, 0.5) is 0 Å². The van der Waals surface area contributed by atoms with Gasteiger partial charge in [0.15, 0.2) is 0 Å². The fraction of sp³-hybridized carbons (Fsp3) is 0.909. The van der Waals surface area contributed by atoms with Crippen molar-refractivity contribution in [2.45, 2.75) is 31.8 Å². The molecule has 0 heterocycles. The third-order valence-corrected chi connectivity index (χ3v) is 3.79. The van der Waals surface area contributed by atoms with Gasteiger partial charge in [-0.2, -0.15) is 0 Å². The summed E-state index contributed by atoms with van der Waals surface area (Å²) in [6, 6.07) is 0. The third-order valence-electron chi connectivity index (χ3n) is 3.79. The molecule has 0 unspecified atom stereocenters. The largest absolute Gasteiger partial charge is 0.393 e. The van der Waals surface area contributed by atoms with Gasteiger partial charge in [0.1, 0.15) is 0 Å². The molecule has 1 amide bonds. The zero-order chi connectivity index (χ0) is 11.1. The normalized spacial score (nSPS) is 31.9. The molecule has 0 atom stereocenters. The lowest BCUT2D eigenvalue weighted by molar-refractivity contribution is -0.136. The first-order valence-electron chi connectivity index (χ1n) is 5.71. The topological polar surface area (TPSA) is 66.6 Å². The number of hydrogen-bond donors (Lipinski definition) is 2. The van der Waals surface area contributed by atoms with Crippen molar-refractivity contribution in [3.8, 4) is 0 Å². The van der Waals surface area contributed by atoms with Crippen molar-refractivity contribution in [3.63, 3.8) is 0 Å². The number of hydrogen-bond acceptors (Lipinski definition) is 3. The van der Waals surface area contributed by atoms with Gasteiger partial charge in [0, 0.05) is 20.1 Å². The van der Waals surface area contributed by atoms with Gasteiger partial charge in [-0.05, 0) is 31.6 Å². The Morgan fingerprint density at radius 1 is 1.53 bits per heavy atom. The summed E-state index contributed by atoms with van der Waals surface area (Å²) in [4.78, 5) is 13.8. The Morgan fingerprint density at radius 2 is 2.13 bits per heavy atom. The van der Waals surface area contributed by atoms with E-state index in [2.05, 4.69) is 0 Å². The molecule has 3 N–H and O–H groups in total. The van der Waals surface area contributed by atoms with Crippen molar-refractivity contribution < 1.29 is 9.90 Å². The Labute approximate surface area is 90.4 Å². The summed E-state index contributed by atoms with van der Waals surface area (Å²) in [6.45, 7) is 1.25. The lowest BCUT2D eigenvalue weighted by Crippen LogP contribution is -2.44. The first-order valence-corrected chi connectivity index (χ1v) is 5.71. The molecule has 2 fully saturated rings. The quantitative estimate of drug-likeness (QED) is 0.687. The molecule has 4 heteroatoms. The molecule has 0 aromatic heterocycles. The molecule has 86 valence electrons. The maximum absolute atomic E-state index is 12.0. The summed E-state index contributed by atoms with van der Waals surface area (Å²) in [5, 5.41) is 9.16. The first-order chi connectivity index (χ1) is 7.07. The van der Waals surface area contributed by atoms with Crippen LogP contribution in [-0.4, -0.2) is 42.2 Å². The highest BCUT2D eigenvalue weighted by Gasteiger charge is 2.50. The van der Waals surface area contributed by atoms with E-state index >= 15 is 0 Å². The van der Waals surface area contributed by atoms with Gasteiger partial charge in [-0.3, -0.25) is 4.79 Å². The molecule has 0 aromatic rings. The number of rotatable bonds is 4. The van der Waals surface area contributed by atoms with E-state index in [9.17, 15) is 4.79 Å². The number of amides is 1. The Bertz CT molecular complexity index is 257. The number of aliphatic hydroxyl groups is 1. The molecular weight excluding hydrogens is 192 g/mol. The standard InChI is InChI=1S/C11H20N2O2/c1-13(6-8-4-9(14)5-8)10(15)11(7-12)2-3-11/h8-9,14H,2-7,12H2,1H3. The second-order valence-corrected chi connectivity index (χ2v) is 5.16. The van der Waals surface area contributed by atoms with Crippen LogP contribution in [-0.2, 0) is 4.79 Å². The fourth-order valence-corrected chi connectivity index (χ4v) is 2.38. The summed E-state index contributed by atoms with van der Waals surface area (Å²) >= 11 is 0. The monoisotopic (exact) mass is 212 g/mol. The summed E-state index contributed by atoms with van der Waals surface area (Å²) in [5.74, 6) is 0.689. The Balaban J connectivity index is 1.80. The van der Waals surface area contributed by atoms with Gasteiger partial charge in [0.2, 0.25) is 5.91 Å². The van der Waals surface area contributed by atoms with Crippen LogP contribution in [0, 0.1) is 11.3 Å². The van der Waals surface area contributed by atoms with Crippen molar-refractivity contribution >= 4 is 5.91 Å². The van der Waals surface area contributed by atoms with Crippen LogP contribution in [0.1, 0.15) is 25.7 Å². The number of carbonyl (C=O) groups excluding carboxylic acids is 1. The average Bonchev–Trinajstić information content (AvgIpc) is 2.95. The van der Waals surface area contributed by atoms with Crippen LogP contribution in [0.3, 0.4) is 0 Å². The van der Waals surface area contributed by atoms with Gasteiger partial charge in [0.05, 0.1) is 11.5 Å².